The second-order valence-corrected chi connectivity index (χ2v) is 7.07. The summed E-state index contributed by atoms with van der Waals surface area (Å²) in [6, 6.07) is 3.28. The number of likely N-dealkylation sites (tertiary alicyclic amines) is 1. The van der Waals surface area contributed by atoms with E-state index < -0.39 is 31.6 Å². The maximum Gasteiger partial charge on any atom is 0.165 e. The lowest BCUT2D eigenvalue weighted by Crippen LogP contribution is -2.66. The smallest absolute Gasteiger partial charge is 0.165 e. The monoisotopic (exact) mass is 307 g/mol. The van der Waals surface area contributed by atoms with E-state index in [0.717, 1.165) is 17.5 Å². The van der Waals surface area contributed by atoms with Crippen molar-refractivity contribution in [2.75, 3.05) is 20.6 Å². The molecule has 1 saturated heterocycles. The molecule has 2 bridgehead atoms. The van der Waals surface area contributed by atoms with Gasteiger partial charge >= 0.3 is 0 Å². The number of methoxy groups -OCH3 is 1. The van der Waals surface area contributed by atoms with Crippen LogP contribution in [0, 0.1) is 5.92 Å². The van der Waals surface area contributed by atoms with Crippen LogP contribution in [0.1, 0.15) is 38.6 Å². The van der Waals surface area contributed by atoms with Crippen molar-refractivity contribution in [3.05, 3.63) is 23.3 Å². The zero-order chi connectivity index (χ0) is 20.1. The topological polar surface area (TPSA) is 41.9 Å². The molecule has 5 atom stereocenters. The molecule has 2 fully saturated rings. The van der Waals surface area contributed by atoms with Crippen LogP contribution in [0.3, 0.4) is 0 Å². The Morgan fingerprint density at radius 1 is 1.45 bits per heavy atom. The van der Waals surface area contributed by atoms with E-state index in [9.17, 15) is 5.11 Å². The number of benzene rings is 1. The van der Waals surface area contributed by atoms with Crippen LogP contribution in [0.5, 0.6) is 11.5 Å². The van der Waals surface area contributed by atoms with Gasteiger partial charge in [-0.2, -0.15) is 0 Å². The first-order valence-electron chi connectivity index (χ1n) is 11.0. The van der Waals surface area contributed by atoms with Gasteiger partial charge in [0.25, 0.3) is 0 Å². The molecule has 0 amide bonds. The van der Waals surface area contributed by atoms with Crippen molar-refractivity contribution in [2.24, 2.45) is 5.92 Å². The third-order valence-corrected chi connectivity index (χ3v) is 6.38. The van der Waals surface area contributed by atoms with E-state index >= 15 is 0 Å². The molecule has 22 heavy (non-hydrogen) atoms. The van der Waals surface area contributed by atoms with Gasteiger partial charge in [0.1, 0.15) is 6.10 Å². The van der Waals surface area contributed by atoms with Gasteiger partial charge in [-0.05, 0) is 56.8 Å². The highest BCUT2D eigenvalue weighted by atomic mass is 16.5. The van der Waals surface area contributed by atoms with E-state index in [0.29, 0.717) is 31.6 Å². The average molecular weight is 307 g/mol. The summed E-state index contributed by atoms with van der Waals surface area (Å²) in [5, 5.41) is 10.7. The lowest BCUT2D eigenvalue weighted by atomic mass is 9.51. The van der Waals surface area contributed by atoms with Crippen molar-refractivity contribution < 1.29 is 22.8 Å². The third-order valence-electron chi connectivity index (χ3n) is 6.38. The Labute approximate surface area is 139 Å². The lowest BCUT2D eigenvalue weighted by molar-refractivity contribution is -0.0993. The zero-order valence-corrected chi connectivity index (χ0v) is 12.2. The summed E-state index contributed by atoms with van der Waals surface area (Å²) in [7, 11) is -2.60. The molecular formula is C18H23NO3. The number of likely N-dealkylation sites (N-methyl/N-ethyl adjacent to an activating group) is 1. The number of rotatable bonds is 1. The zero-order valence-electron chi connectivity index (χ0n) is 18.2. The highest BCUT2D eigenvalue weighted by Crippen LogP contribution is 2.63. The summed E-state index contributed by atoms with van der Waals surface area (Å²) >= 11 is 0. The molecule has 2 heterocycles. The standard InChI is InChI=1S/C18H23NO3/c1-19-8-7-18-11-4-5-13(20)17(18)22-16-14(21-2)6-3-10(15(16)18)9-12(11)19/h3,6,11-13,17,20H,4-5,7-9H2,1-2H3/t11-,12-,13-,17-,18-/m0/s1/i1D3,2D3. The van der Waals surface area contributed by atoms with Crippen molar-refractivity contribution in [1.82, 2.24) is 4.90 Å². The van der Waals surface area contributed by atoms with Gasteiger partial charge in [-0.1, -0.05) is 6.07 Å². The van der Waals surface area contributed by atoms with Gasteiger partial charge in [0.05, 0.1) is 17.3 Å². The predicted molar refractivity (Wildman–Crippen MR) is 82.6 cm³/mol. The van der Waals surface area contributed by atoms with Crippen molar-refractivity contribution in [3.63, 3.8) is 0 Å². The molecule has 4 aliphatic rings. The Morgan fingerprint density at radius 2 is 2.41 bits per heavy atom. The second kappa shape index (κ2) is 4.18. The number of hydrogen-bond acceptors (Lipinski definition) is 4. The minimum Gasteiger partial charge on any atom is -0.493 e. The molecule has 2 aliphatic heterocycles. The highest BCUT2D eigenvalue weighted by Gasteiger charge is 2.65. The van der Waals surface area contributed by atoms with Crippen LogP contribution >= 0.6 is 0 Å². The lowest BCUT2D eigenvalue weighted by Gasteiger charge is -2.58. The number of piperidine rings is 1. The highest BCUT2D eigenvalue weighted by molar-refractivity contribution is 5.61. The van der Waals surface area contributed by atoms with Gasteiger partial charge in [-0.25, -0.2) is 0 Å². The van der Waals surface area contributed by atoms with Gasteiger partial charge in [-0.15, -0.1) is 0 Å². The van der Waals surface area contributed by atoms with Crippen molar-refractivity contribution in [2.45, 2.75) is 49.3 Å². The molecule has 4 heteroatoms. The van der Waals surface area contributed by atoms with Crippen LogP contribution in [0.15, 0.2) is 12.1 Å². The van der Waals surface area contributed by atoms with Gasteiger partial charge in [0, 0.05) is 21.1 Å². The Morgan fingerprint density at radius 3 is 3.27 bits per heavy atom. The van der Waals surface area contributed by atoms with Crippen molar-refractivity contribution in [3.8, 4) is 11.5 Å². The number of ether oxygens (including phenoxy) is 2. The van der Waals surface area contributed by atoms with Crippen LogP contribution < -0.4 is 9.47 Å². The van der Waals surface area contributed by atoms with E-state index in [1.807, 2.05) is 6.07 Å². The van der Waals surface area contributed by atoms with E-state index in [4.69, 9.17) is 17.7 Å². The molecule has 1 spiro atoms. The fourth-order valence-electron chi connectivity index (χ4n) is 5.59. The molecule has 4 nitrogen and oxygen atoms in total. The van der Waals surface area contributed by atoms with Gasteiger partial charge < -0.3 is 19.5 Å². The molecular weight excluding hydrogens is 278 g/mol. The number of hydrogen-bond donors (Lipinski definition) is 1. The summed E-state index contributed by atoms with van der Waals surface area (Å²) in [5.74, 6) is 0.641. The Hall–Kier alpha value is -1.26. The number of nitrogens with zero attached hydrogens (tertiary/aromatic N) is 1. The van der Waals surface area contributed by atoms with Gasteiger partial charge in [0.2, 0.25) is 0 Å². The largest absolute Gasteiger partial charge is 0.493 e. The fourth-order valence-corrected chi connectivity index (χ4v) is 5.59. The molecule has 0 aromatic heterocycles. The predicted octanol–water partition coefficient (Wildman–Crippen LogP) is 1.73. The molecule has 118 valence electrons. The molecule has 5 rings (SSSR count). The Balaban J connectivity index is 1.68. The molecule has 1 N–H and O–H groups in total. The molecule has 1 aromatic rings. The van der Waals surface area contributed by atoms with E-state index in [1.165, 1.54) is 0 Å². The maximum atomic E-state index is 10.7. The van der Waals surface area contributed by atoms with Crippen molar-refractivity contribution in [1.29, 1.82) is 0 Å². The maximum absolute atomic E-state index is 10.7. The molecule has 2 aliphatic carbocycles. The third kappa shape index (κ3) is 1.32. The summed E-state index contributed by atoms with van der Waals surface area (Å²) in [6.07, 6.45) is 1.24. The SMILES string of the molecule is [2H]C([2H])([2H])Oc1ccc2c3c1O[C@H]1[C@@H](O)CC[C@H]4[C@H](C2)N(C([2H])([2H])[2H])CC[C@@]341. The van der Waals surface area contributed by atoms with Crippen LogP contribution in [0.4, 0.5) is 0 Å². The fraction of sp³-hybridized carbons (Fsp3) is 0.667. The molecule has 0 unspecified atom stereocenters. The summed E-state index contributed by atoms with van der Waals surface area (Å²) in [5.41, 5.74) is 1.42. The molecule has 0 radical (unpaired) electrons. The van der Waals surface area contributed by atoms with Crippen LogP contribution in [0.25, 0.3) is 0 Å². The van der Waals surface area contributed by atoms with E-state index in [2.05, 4.69) is 0 Å². The molecule has 1 saturated carbocycles. The van der Waals surface area contributed by atoms with Gasteiger partial charge in [-0.3, -0.25) is 0 Å². The number of aliphatic hydroxyl groups is 1. The molecule has 1 aromatic carbocycles. The van der Waals surface area contributed by atoms with Crippen LogP contribution in [-0.2, 0) is 11.8 Å². The Bertz CT molecular complexity index is 825. The number of aliphatic hydroxyl groups excluding tert-OH is 1. The van der Waals surface area contributed by atoms with E-state index in [-0.39, 0.29) is 17.7 Å². The van der Waals surface area contributed by atoms with Crippen molar-refractivity contribution >= 4 is 0 Å². The first kappa shape index (κ1) is 8.55. The van der Waals surface area contributed by atoms with Crippen LogP contribution in [-0.4, -0.2) is 48.8 Å². The summed E-state index contributed by atoms with van der Waals surface area (Å²) in [6.45, 7) is -1.77. The quantitative estimate of drug-likeness (QED) is 0.858. The second-order valence-electron chi connectivity index (χ2n) is 7.07. The summed E-state index contributed by atoms with van der Waals surface area (Å²) < 4.78 is 57.7. The normalized spacial score (nSPS) is 47.0. The first-order valence-corrected chi connectivity index (χ1v) is 7.99. The minimum absolute atomic E-state index is 0.0480. The van der Waals surface area contributed by atoms with Gasteiger partial charge in [0.15, 0.2) is 11.5 Å². The summed E-state index contributed by atoms with van der Waals surface area (Å²) in [4.78, 5) is 1.63. The van der Waals surface area contributed by atoms with Crippen LogP contribution in [0.2, 0.25) is 0 Å². The average Bonchev–Trinajstić information content (AvgIpc) is 2.90. The minimum atomic E-state index is -2.60. The van der Waals surface area contributed by atoms with E-state index in [1.54, 1.807) is 11.0 Å². The Kier molecular flexibility index (Phi) is 1.62. The first-order chi connectivity index (χ1) is 13.0.